The van der Waals surface area contributed by atoms with E-state index < -0.39 is 18.0 Å². The number of halogens is 3. The van der Waals surface area contributed by atoms with E-state index in [-0.39, 0.29) is 22.9 Å². The van der Waals surface area contributed by atoms with Crippen LogP contribution in [-0.2, 0) is 16.0 Å². The molecule has 1 aromatic heterocycles. The standard InChI is InChI=1S/C10H10ClF2NO3/c1-16-7(15)3-5-8(17-2)6(10(12)13)4-14-9(5)11/h4,10H,3H2,1-2H3. The Morgan fingerprint density at radius 2 is 2.18 bits per heavy atom. The first kappa shape index (κ1) is 13.6. The van der Waals surface area contributed by atoms with Gasteiger partial charge in [-0.15, -0.1) is 0 Å². The lowest BCUT2D eigenvalue weighted by molar-refractivity contribution is -0.139. The van der Waals surface area contributed by atoms with E-state index in [1.807, 2.05) is 0 Å². The van der Waals surface area contributed by atoms with Crippen molar-refractivity contribution in [2.24, 2.45) is 0 Å². The molecular formula is C10H10ClF2NO3. The van der Waals surface area contributed by atoms with Crippen LogP contribution in [0.3, 0.4) is 0 Å². The van der Waals surface area contributed by atoms with Crippen molar-refractivity contribution in [2.45, 2.75) is 12.8 Å². The minimum atomic E-state index is -2.76. The zero-order valence-corrected chi connectivity index (χ0v) is 9.92. The molecule has 0 aliphatic carbocycles. The highest BCUT2D eigenvalue weighted by Crippen LogP contribution is 2.34. The molecule has 0 aromatic carbocycles. The van der Waals surface area contributed by atoms with Crippen molar-refractivity contribution in [3.8, 4) is 5.75 Å². The van der Waals surface area contributed by atoms with E-state index in [0.717, 1.165) is 6.20 Å². The van der Waals surface area contributed by atoms with Crippen LogP contribution in [0.1, 0.15) is 17.6 Å². The first-order chi connectivity index (χ1) is 8.01. The molecule has 4 nitrogen and oxygen atoms in total. The van der Waals surface area contributed by atoms with Gasteiger partial charge in [-0.2, -0.15) is 0 Å². The van der Waals surface area contributed by atoms with E-state index in [9.17, 15) is 13.6 Å². The van der Waals surface area contributed by atoms with Gasteiger partial charge in [0.05, 0.1) is 26.2 Å². The molecule has 7 heteroatoms. The van der Waals surface area contributed by atoms with Gasteiger partial charge in [-0.05, 0) is 0 Å². The number of alkyl halides is 2. The monoisotopic (exact) mass is 265 g/mol. The van der Waals surface area contributed by atoms with Gasteiger partial charge in [0.25, 0.3) is 6.43 Å². The molecule has 1 heterocycles. The molecule has 17 heavy (non-hydrogen) atoms. The molecule has 94 valence electrons. The van der Waals surface area contributed by atoms with Gasteiger partial charge in [0.2, 0.25) is 0 Å². The Hall–Kier alpha value is -1.43. The van der Waals surface area contributed by atoms with Crippen LogP contribution in [0.15, 0.2) is 6.20 Å². The summed E-state index contributed by atoms with van der Waals surface area (Å²) in [6.45, 7) is 0. The number of carbonyl (C=O) groups excluding carboxylic acids is 1. The molecule has 0 fully saturated rings. The number of hydrogen-bond donors (Lipinski definition) is 0. The molecule has 0 unspecified atom stereocenters. The SMILES string of the molecule is COC(=O)Cc1c(Cl)ncc(C(F)F)c1OC. The number of methoxy groups -OCH3 is 2. The largest absolute Gasteiger partial charge is 0.496 e. The molecule has 0 saturated carbocycles. The summed E-state index contributed by atoms with van der Waals surface area (Å²) < 4.78 is 34.6. The predicted molar refractivity (Wildman–Crippen MR) is 56.5 cm³/mol. The van der Waals surface area contributed by atoms with Crippen LogP contribution >= 0.6 is 11.6 Å². The van der Waals surface area contributed by atoms with E-state index >= 15 is 0 Å². The summed E-state index contributed by atoms with van der Waals surface area (Å²) in [4.78, 5) is 14.7. The van der Waals surface area contributed by atoms with Gasteiger partial charge in [0.15, 0.2) is 0 Å². The van der Waals surface area contributed by atoms with Crippen molar-refractivity contribution < 1.29 is 23.0 Å². The minimum absolute atomic E-state index is 0.0587. The summed E-state index contributed by atoms with van der Waals surface area (Å²) in [6.07, 6.45) is -2.11. The first-order valence-electron chi connectivity index (χ1n) is 4.57. The molecule has 0 bridgehead atoms. The van der Waals surface area contributed by atoms with Crippen LogP contribution in [0.5, 0.6) is 5.75 Å². The lowest BCUT2D eigenvalue weighted by Crippen LogP contribution is -2.09. The van der Waals surface area contributed by atoms with Crippen LogP contribution in [0, 0.1) is 0 Å². The van der Waals surface area contributed by atoms with Crippen LogP contribution in [0.25, 0.3) is 0 Å². The number of esters is 1. The molecule has 0 aliphatic heterocycles. The van der Waals surface area contributed by atoms with Crippen LogP contribution in [0.4, 0.5) is 8.78 Å². The Bertz CT molecular complexity index is 426. The second-order valence-corrected chi connectivity index (χ2v) is 3.43. The summed E-state index contributed by atoms with van der Waals surface area (Å²) >= 11 is 5.74. The minimum Gasteiger partial charge on any atom is -0.496 e. The fourth-order valence-corrected chi connectivity index (χ4v) is 1.50. The third-order valence-electron chi connectivity index (χ3n) is 2.09. The highest BCUT2D eigenvalue weighted by Gasteiger charge is 2.22. The zero-order valence-electron chi connectivity index (χ0n) is 9.17. The Kier molecular flexibility index (Phi) is 4.62. The van der Waals surface area contributed by atoms with Gasteiger partial charge in [0, 0.05) is 11.8 Å². The zero-order chi connectivity index (χ0) is 13.0. The van der Waals surface area contributed by atoms with E-state index in [1.165, 1.54) is 14.2 Å². The molecule has 0 radical (unpaired) electrons. The Morgan fingerprint density at radius 1 is 1.53 bits per heavy atom. The van der Waals surface area contributed by atoms with Gasteiger partial charge >= 0.3 is 5.97 Å². The van der Waals surface area contributed by atoms with Gasteiger partial charge in [-0.3, -0.25) is 4.79 Å². The smallest absolute Gasteiger partial charge is 0.310 e. The maximum absolute atomic E-state index is 12.7. The molecule has 0 saturated heterocycles. The highest BCUT2D eigenvalue weighted by atomic mass is 35.5. The normalized spacial score (nSPS) is 10.5. The number of ether oxygens (including phenoxy) is 2. The quantitative estimate of drug-likeness (QED) is 0.620. The Morgan fingerprint density at radius 3 is 2.65 bits per heavy atom. The number of nitrogens with zero attached hydrogens (tertiary/aromatic N) is 1. The van der Waals surface area contributed by atoms with Crippen molar-refractivity contribution in [1.29, 1.82) is 0 Å². The molecule has 0 amide bonds. The second-order valence-electron chi connectivity index (χ2n) is 3.07. The summed E-state index contributed by atoms with van der Waals surface area (Å²) in [5.41, 5.74) is -0.311. The molecule has 1 rings (SSSR count). The van der Waals surface area contributed by atoms with E-state index in [2.05, 4.69) is 9.72 Å². The van der Waals surface area contributed by atoms with Gasteiger partial charge in [-0.25, -0.2) is 13.8 Å². The molecule has 1 aromatic rings. The maximum atomic E-state index is 12.7. The highest BCUT2D eigenvalue weighted by molar-refractivity contribution is 6.30. The van der Waals surface area contributed by atoms with Crippen LogP contribution < -0.4 is 4.74 Å². The fourth-order valence-electron chi connectivity index (χ4n) is 1.30. The number of pyridine rings is 1. The van der Waals surface area contributed by atoms with Crippen LogP contribution in [0.2, 0.25) is 5.15 Å². The van der Waals surface area contributed by atoms with Crippen LogP contribution in [-0.4, -0.2) is 25.2 Å². The molecule has 0 spiro atoms. The summed E-state index contributed by atoms with van der Waals surface area (Å²) in [5.74, 6) is -0.746. The Labute approximate surface area is 101 Å². The average molecular weight is 266 g/mol. The summed E-state index contributed by atoms with van der Waals surface area (Å²) in [5, 5.41) is -0.0587. The second kappa shape index (κ2) is 5.77. The third kappa shape index (κ3) is 3.03. The molecule has 0 atom stereocenters. The maximum Gasteiger partial charge on any atom is 0.310 e. The van der Waals surface area contributed by atoms with Crippen molar-refractivity contribution >= 4 is 17.6 Å². The van der Waals surface area contributed by atoms with Gasteiger partial charge < -0.3 is 9.47 Å². The van der Waals surface area contributed by atoms with E-state index in [1.54, 1.807) is 0 Å². The van der Waals surface area contributed by atoms with Crippen molar-refractivity contribution in [2.75, 3.05) is 14.2 Å². The number of aromatic nitrogens is 1. The number of hydrogen-bond acceptors (Lipinski definition) is 4. The van der Waals surface area contributed by atoms with Gasteiger partial charge in [-0.1, -0.05) is 11.6 Å². The third-order valence-corrected chi connectivity index (χ3v) is 2.42. The summed E-state index contributed by atoms with van der Waals surface area (Å²) in [7, 11) is 2.41. The Balaban J connectivity index is 3.25. The number of rotatable bonds is 4. The van der Waals surface area contributed by atoms with Crippen molar-refractivity contribution in [3.05, 3.63) is 22.5 Å². The van der Waals surface area contributed by atoms with Crippen molar-refractivity contribution in [3.63, 3.8) is 0 Å². The molecular weight excluding hydrogens is 256 g/mol. The fraction of sp³-hybridized carbons (Fsp3) is 0.400. The van der Waals surface area contributed by atoms with Crippen molar-refractivity contribution in [1.82, 2.24) is 4.98 Å². The summed E-state index contributed by atoms with van der Waals surface area (Å²) in [6, 6.07) is 0. The molecule has 0 N–H and O–H groups in total. The molecule has 0 aliphatic rings. The lowest BCUT2D eigenvalue weighted by Gasteiger charge is -2.13. The van der Waals surface area contributed by atoms with Gasteiger partial charge in [0.1, 0.15) is 10.9 Å². The van der Waals surface area contributed by atoms with E-state index in [0.29, 0.717) is 0 Å². The predicted octanol–water partition coefficient (Wildman–Crippen LogP) is 2.40. The van der Waals surface area contributed by atoms with E-state index in [4.69, 9.17) is 16.3 Å². The average Bonchev–Trinajstić information content (AvgIpc) is 2.30. The lowest BCUT2D eigenvalue weighted by atomic mass is 10.1. The number of carbonyl (C=O) groups is 1. The topological polar surface area (TPSA) is 48.4 Å². The first-order valence-corrected chi connectivity index (χ1v) is 4.95.